The predicted octanol–water partition coefficient (Wildman–Crippen LogP) is 3.51. The maximum absolute atomic E-state index is 4.63. The summed E-state index contributed by atoms with van der Waals surface area (Å²) in [5.74, 6) is 0.984. The van der Waals surface area contributed by atoms with E-state index in [1.165, 1.54) is 35.1 Å². The molecule has 0 saturated heterocycles. The zero-order chi connectivity index (χ0) is 13.1. The summed E-state index contributed by atoms with van der Waals surface area (Å²) in [5.41, 5.74) is 2.46. The van der Waals surface area contributed by atoms with Gasteiger partial charge in [0.15, 0.2) is 0 Å². The highest BCUT2D eigenvalue weighted by Gasteiger charge is 2.23. The average molecular weight is 314 g/mol. The number of halogens is 1. The smallest absolute Gasteiger partial charge is 0.0767 e. The van der Waals surface area contributed by atoms with Crippen LogP contribution in [0.4, 0.5) is 0 Å². The van der Waals surface area contributed by atoms with Gasteiger partial charge in [-0.05, 0) is 48.5 Å². The first-order valence-electron chi connectivity index (χ1n) is 7.13. The molecule has 102 valence electrons. The fourth-order valence-electron chi connectivity index (χ4n) is 2.39. The number of aryl methyl sites for hydroxylation is 2. The molecule has 1 aliphatic rings. The van der Waals surface area contributed by atoms with Crippen molar-refractivity contribution in [1.82, 2.24) is 15.1 Å². The highest BCUT2D eigenvalue weighted by atomic mass is 79.9. The summed E-state index contributed by atoms with van der Waals surface area (Å²) in [6.45, 7) is 8.44. The van der Waals surface area contributed by atoms with Crippen LogP contribution < -0.4 is 5.32 Å². The topological polar surface area (TPSA) is 29.9 Å². The number of nitrogens with zero attached hydrogens (tertiary/aromatic N) is 2. The van der Waals surface area contributed by atoms with Gasteiger partial charge in [0.2, 0.25) is 0 Å². The molecule has 18 heavy (non-hydrogen) atoms. The molecule has 1 aromatic rings. The summed E-state index contributed by atoms with van der Waals surface area (Å²) in [6.07, 6.45) is 5.17. The lowest BCUT2D eigenvalue weighted by Crippen LogP contribution is -2.27. The lowest BCUT2D eigenvalue weighted by Gasteiger charge is -2.14. The average Bonchev–Trinajstić information content (AvgIpc) is 3.10. The predicted molar refractivity (Wildman–Crippen MR) is 78.6 cm³/mol. The Morgan fingerprint density at radius 2 is 2.17 bits per heavy atom. The van der Waals surface area contributed by atoms with Crippen LogP contribution in [-0.2, 0) is 19.5 Å². The van der Waals surface area contributed by atoms with Crippen molar-refractivity contribution < 1.29 is 0 Å². The van der Waals surface area contributed by atoms with Crippen molar-refractivity contribution in [2.45, 2.75) is 65.6 Å². The third-order valence-corrected chi connectivity index (χ3v) is 4.61. The molecule has 0 aliphatic heterocycles. The largest absolute Gasteiger partial charge is 0.309 e. The van der Waals surface area contributed by atoms with Crippen LogP contribution in [0.5, 0.6) is 0 Å². The molecule has 1 aliphatic carbocycles. The van der Waals surface area contributed by atoms with E-state index in [1.807, 2.05) is 0 Å². The molecule has 0 aromatic carbocycles. The van der Waals surface area contributed by atoms with Crippen LogP contribution in [0.15, 0.2) is 4.47 Å². The normalized spacial score (nSPS) is 17.1. The molecular formula is C14H24BrN3. The Balaban J connectivity index is 1.96. The van der Waals surface area contributed by atoms with Crippen molar-refractivity contribution in [3.05, 3.63) is 15.9 Å². The van der Waals surface area contributed by atoms with Crippen LogP contribution in [0.3, 0.4) is 0 Å². The van der Waals surface area contributed by atoms with Crippen molar-refractivity contribution in [2.24, 2.45) is 5.92 Å². The second-order valence-electron chi connectivity index (χ2n) is 5.34. The Kier molecular flexibility index (Phi) is 4.84. The fourth-order valence-corrected chi connectivity index (χ4v) is 3.10. The monoisotopic (exact) mass is 313 g/mol. The van der Waals surface area contributed by atoms with Gasteiger partial charge in [-0.3, -0.25) is 4.68 Å². The molecule has 1 heterocycles. The van der Waals surface area contributed by atoms with E-state index in [0.717, 1.165) is 25.4 Å². The first kappa shape index (κ1) is 14.1. The Morgan fingerprint density at radius 1 is 1.44 bits per heavy atom. The second-order valence-corrected chi connectivity index (χ2v) is 6.13. The van der Waals surface area contributed by atoms with Crippen molar-refractivity contribution in [3.8, 4) is 0 Å². The second kappa shape index (κ2) is 6.20. The minimum absolute atomic E-state index is 0.606. The maximum Gasteiger partial charge on any atom is 0.0767 e. The quantitative estimate of drug-likeness (QED) is 0.835. The molecule has 2 rings (SSSR count). The van der Waals surface area contributed by atoms with Crippen molar-refractivity contribution in [3.63, 3.8) is 0 Å². The summed E-state index contributed by atoms with van der Waals surface area (Å²) in [7, 11) is 0. The van der Waals surface area contributed by atoms with Gasteiger partial charge in [0.25, 0.3) is 0 Å². The van der Waals surface area contributed by atoms with Gasteiger partial charge in [0.1, 0.15) is 0 Å². The van der Waals surface area contributed by atoms with Gasteiger partial charge in [0.05, 0.1) is 15.9 Å². The van der Waals surface area contributed by atoms with Crippen LogP contribution in [0.25, 0.3) is 0 Å². The van der Waals surface area contributed by atoms with E-state index in [2.05, 4.69) is 51.8 Å². The van der Waals surface area contributed by atoms with Gasteiger partial charge >= 0.3 is 0 Å². The Morgan fingerprint density at radius 3 is 2.72 bits per heavy atom. The Labute approximate surface area is 118 Å². The number of aromatic nitrogens is 2. The maximum atomic E-state index is 4.63. The molecule has 1 saturated carbocycles. The number of rotatable bonds is 7. The van der Waals surface area contributed by atoms with Crippen LogP contribution >= 0.6 is 15.9 Å². The Bertz CT molecular complexity index is 396. The lowest BCUT2D eigenvalue weighted by atomic mass is 10.1. The standard InChI is InChI=1S/C14H24BrN3/c1-4-12-14(15)13(18(5-2)17-12)9-16-10(3)8-11-6-7-11/h10-11,16H,4-9H2,1-3H3. The zero-order valence-corrected chi connectivity index (χ0v) is 13.3. The van der Waals surface area contributed by atoms with E-state index in [9.17, 15) is 0 Å². The van der Waals surface area contributed by atoms with Crippen LogP contribution in [0.1, 0.15) is 51.4 Å². The van der Waals surface area contributed by atoms with Crippen molar-refractivity contribution in [1.29, 1.82) is 0 Å². The van der Waals surface area contributed by atoms with Gasteiger partial charge in [-0.2, -0.15) is 5.10 Å². The molecule has 1 aromatic heterocycles. The molecule has 3 nitrogen and oxygen atoms in total. The first-order chi connectivity index (χ1) is 8.65. The summed E-state index contributed by atoms with van der Waals surface area (Å²) >= 11 is 3.69. The molecule has 0 bridgehead atoms. The number of hydrogen-bond donors (Lipinski definition) is 1. The van der Waals surface area contributed by atoms with E-state index in [0.29, 0.717) is 6.04 Å². The van der Waals surface area contributed by atoms with E-state index < -0.39 is 0 Å². The van der Waals surface area contributed by atoms with Crippen molar-refractivity contribution in [2.75, 3.05) is 0 Å². The fraction of sp³-hybridized carbons (Fsp3) is 0.786. The zero-order valence-electron chi connectivity index (χ0n) is 11.7. The lowest BCUT2D eigenvalue weighted by molar-refractivity contribution is 0.470. The molecule has 4 heteroatoms. The first-order valence-corrected chi connectivity index (χ1v) is 7.92. The molecular weight excluding hydrogens is 290 g/mol. The molecule has 0 spiro atoms. The van der Waals surface area contributed by atoms with Crippen LogP contribution in [0.2, 0.25) is 0 Å². The van der Waals surface area contributed by atoms with Crippen LogP contribution in [0, 0.1) is 5.92 Å². The Hall–Kier alpha value is -0.350. The molecule has 1 unspecified atom stereocenters. The van der Waals surface area contributed by atoms with Crippen molar-refractivity contribution >= 4 is 15.9 Å². The minimum Gasteiger partial charge on any atom is -0.309 e. The third kappa shape index (κ3) is 3.35. The van der Waals surface area contributed by atoms with Gasteiger partial charge < -0.3 is 5.32 Å². The van der Waals surface area contributed by atoms with Gasteiger partial charge in [-0.1, -0.05) is 19.8 Å². The van der Waals surface area contributed by atoms with Gasteiger partial charge in [0, 0.05) is 19.1 Å². The number of nitrogens with one attached hydrogen (secondary N) is 1. The molecule has 1 N–H and O–H groups in total. The van der Waals surface area contributed by atoms with E-state index in [-0.39, 0.29) is 0 Å². The van der Waals surface area contributed by atoms with Gasteiger partial charge in [-0.25, -0.2) is 0 Å². The third-order valence-electron chi connectivity index (χ3n) is 3.70. The molecule has 0 radical (unpaired) electrons. The van der Waals surface area contributed by atoms with E-state index >= 15 is 0 Å². The van der Waals surface area contributed by atoms with E-state index in [1.54, 1.807) is 0 Å². The van der Waals surface area contributed by atoms with Gasteiger partial charge in [-0.15, -0.1) is 0 Å². The highest BCUT2D eigenvalue weighted by Crippen LogP contribution is 2.33. The molecule has 0 amide bonds. The summed E-state index contributed by atoms with van der Waals surface area (Å²) < 4.78 is 3.30. The number of hydrogen-bond acceptors (Lipinski definition) is 2. The summed E-state index contributed by atoms with van der Waals surface area (Å²) in [5, 5.41) is 8.26. The molecule has 1 atom stereocenters. The summed E-state index contributed by atoms with van der Waals surface area (Å²) in [6, 6.07) is 0.606. The summed E-state index contributed by atoms with van der Waals surface area (Å²) in [4.78, 5) is 0. The van der Waals surface area contributed by atoms with E-state index in [4.69, 9.17) is 0 Å². The minimum atomic E-state index is 0.606. The molecule has 1 fully saturated rings. The SMILES string of the molecule is CCc1nn(CC)c(CNC(C)CC2CC2)c1Br. The van der Waals surface area contributed by atoms with Crippen LogP contribution in [-0.4, -0.2) is 15.8 Å². The highest BCUT2D eigenvalue weighted by molar-refractivity contribution is 9.10.